The maximum atomic E-state index is 13.9. The number of hydrogen-bond acceptors (Lipinski definition) is 3. The molecule has 1 heterocycles. The third-order valence-electron chi connectivity index (χ3n) is 6.85. The molecule has 4 aromatic carbocycles. The van der Waals surface area contributed by atoms with Gasteiger partial charge in [0.25, 0.3) is 10.0 Å². The molecule has 5 rings (SSSR count). The van der Waals surface area contributed by atoms with Crippen LogP contribution in [0.4, 0.5) is 5.69 Å². The van der Waals surface area contributed by atoms with Crippen LogP contribution in [0.15, 0.2) is 114 Å². The van der Waals surface area contributed by atoms with E-state index >= 15 is 0 Å². The molecule has 38 heavy (non-hydrogen) atoms. The van der Waals surface area contributed by atoms with Gasteiger partial charge < -0.3 is 4.74 Å². The predicted octanol–water partition coefficient (Wildman–Crippen LogP) is 7.50. The molecule has 0 aliphatic carbocycles. The van der Waals surface area contributed by atoms with Crippen molar-refractivity contribution >= 4 is 26.9 Å². The number of methoxy groups -OCH3 is 1. The topological polar surface area (TPSA) is 46.6 Å². The summed E-state index contributed by atoms with van der Waals surface area (Å²) in [4.78, 5) is 0.285. The Morgan fingerprint density at radius 3 is 2.05 bits per heavy atom. The maximum Gasteiger partial charge on any atom is 0.264 e. The lowest BCUT2D eigenvalue weighted by Gasteiger charge is -2.29. The number of sulfonamides is 1. The van der Waals surface area contributed by atoms with Crippen molar-refractivity contribution in [3.05, 3.63) is 131 Å². The molecule has 192 valence electrons. The van der Waals surface area contributed by atoms with Crippen LogP contribution in [0, 0.1) is 6.92 Å². The van der Waals surface area contributed by atoms with Crippen molar-refractivity contribution < 1.29 is 13.2 Å². The molecular weight excluding hydrogens is 490 g/mol. The molecule has 1 aliphatic rings. The smallest absolute Gasteiger partial charge is 0.264 e. The molecule has 0 bridgehead atoms. The Labute approximate surface area is 225 Å². The molecule has 0 spiro atoms. The van der Waals surface area contributed by atoms with Gasteiger partial charge in [0.05, 0.1) is 17.7 Å². The van der Waals surface area contributed by atoms with Gasteiger partial charge in [-0.2, -0.15) is 0 Å². The largest absolute Gasteiger partial charge is 0.497 e. The molecule has 0 saturated heterocycles. The first kappa shape index (κ1) is 25.6. The van der Waals surface area contributed by atoms with E-state index in [0.717, 1.165) is 52.7 Å². The molecule has 5 heteroatoms. The summed E-state index contributed by atoms with van der Waals surface area (Å²) < 4.78 is 35.0. The number of nitrogens with zero attached hydrogens (tertiary/aromatic N) is 1. The number of benzene rings is 4. The minimum Gasteiger partial charge on any atom is -0.497 e. The van der Waals surface area contributed by atoms with E-state index in [2.05, 4.69) is 30.0 Å². The number of anilines is 1. The first-order valence-corrected chi connectivity index (χ1v) is 14.3. The third-order valence-corrected chi connectivity index (χ3v) is 8.67. The summed E-state index contributed by atoms with van der Waals surface area (Å²) in [6, 6.07) is 33.2. The Morgan fingerprint density at radius 2 is 1.45 bits per heavy atom. The summed E-state index contributed by atoms with van der Waals surface area (Å²) in [6.07, 6.45) is 2.38. The first-order valence-electron chi connectivity index (χ1n) is 12.9. The van der Waals surface area contributed by atoms with E-state index in [1.165, 1.54) is 0 Å². The molecule has 0 radical (unpaired) electrons. The van der Waals surface area contributed by atoms with Crippen LogP contribution in [-0.2, 0) is 10.0 Å². The minimum atomic E-state index is -3.78. The zero-order valence-corrected chi connectivity index (χ0v) is 22.5. The van der Waals surface area contributed by atoms with E-state index in [0.29, 0.717) is 18.0 Å². The van der Waals surface area contributed by atoms with E-state index in [9.17, 15) is 8.42 Å². The van der Waals surface area contributed by atoms with Crippen LogP contribution in [0.25, 0.3) is 11.1 Å². The summed E-state index contributed by atoms with van der Waals surface area (Å²) in [6.45, 7) is 2.35. The monoisotopic (exact) mass is 521 g/mol. The van der Waals surface area contributed by atoms with Crippen LogP contribution in [0.1, 0.15) is 41.5 Å². The quantitative estimate of drug-likeness (QED) is 0.256. The normalized spacial score (nSPS) is 13.6. The van der Waals surface area contributed by atoms with Crippen LogP contribution in [0.2, 0.25) is 0 Å². The van der Waals surface area contributed by atoms with Crippen LogP contribution in [0.5, 0.6) is 5.75 Å². The molecule has 4 aromatic rings. The molecular formula is C33H31NO3S. The molecule has 0 saturated carbocycles. The standard InChI is InChI=1S/C33H31NO3S/c1-25-16-19-30(20-17-25)38(35,36)34-22-10-9-15-28(31-21-18-29(37-2)24-33(31)34)23-32(26-11-5-3-6-12-26)27-13-7-4-8-14-27/h3-8,11-14,16-21,24H,9-10,15,22H2,1-2H3. The maximum absolute atomic E-state index is 13.9. The summed E-state index contributed by atoms with van der Waals surface area (Å²) in [5, 5.41) is 0. The fourth-order valence-corrected chi connectivity index (χ4v) is 6.31. The molecule has 1 aliphatic heterocycles. The Hall–Kier alpha value is -4.05. The van der Waals surface area contributed by atoms with Crippen LogP contribution < -0.4 is 9.04 Å². The van der Waals surface area contributed by atoms with Crippen LogP contribution in [-0.4, -0.2) is 22.1 Å². The van der Waals surface area contributed by atoms with Gasteiger partial charge in [-0.15, -0.1) is 5.73 Å². The molecule has 4 nitrogen and oxygen atoms in total. The highest BCUT2D eigenvalue weighted by Crippen LogP contribution is 2.39. The van der Waals surface area contributed by atoms with Gasteiger partial charge in [0.15, 0.2) is 0 Å². The summed E-state index contributed by atoms with van der Waals surface area (Å²) >= 11 is 0. The van der Waals surface area contributed by atoms with Crippen molar-refractivity contribution in [1.29, 1.82) is 0 Å². The van der Waals surface area contributed by atoms with E-state index in [1.807, 2.05) is 73.7 Å². The summed E-state index contributed by atoms with van der Waals surface area (Å²) in [7, 11) is -2.18. The Balaban J connectivity index is 1.76. The van der Waals surface area contributed by atoms with Gasteiger partial charge in [-0.05, 0) is 61.6 Å². The highest BCUT2D eigenvalue weighted by Gasteiger charge is 2.29. The van der Waals surface area contributed by atoms with Gasteiger partial charge >= 0.3 is 0 Å². The molecule has 0 unspecified atom stereocenters. The van der Waals surface area contributed by atoms with Crippen molar-refractivity contribution in [3.63, 3.8) is 0 Å². The second-order valence-electron chi connectivity index (χ2n) is 9.44. The highest BCUT2D eigenvalue weighted by atomic mass is 32.2. The fraction of sp³-hybridized carbons (Fsp3) is 0.182. The average Bonchev–Trinajstić information content (AvgIpc) is 2.94. The first-order chi connectivity index (χ1) is 18.5. The Bertz CT molecular complexity index is 1540. The average molecular weight is 522 g/mol. The molecule has 0 N–H and O–H groups in total. The molecule has 0 atom stereocenters. The van der Waals surface area contributed by atoms with Gasteiger partial charge in [-0.3, -0.25) is 4.31 Å². The van der Waals surface area contributed by atoms with Crippen LogP contribution >= 0.6 is 0 Å². The van der Waals surface area contributed by atoms with E-state index < -0.39 is 10.0 Å². The summed E-state index contributed by atoms with van der Waals surface area (Å²) in [5.41, 5.74) is 10.3. The zero-order chi connectivity index (χ0) is 26.5. The Kier molecular flexibility index (Phi) is 7.50. The van der Waals surface area contributed by atoms with Gasteiger partial charge in [0.2, 0.25) is 0 Å². The number of aryl methyl sites for hydroxylation is 1. The third kappa shape index (κ3) is 5.31. The van der Waals surface area contributed by atoms with E-state index in [1.54, 1.807) is 23.5 Å². The van der Waals surface area contributed by atoms with Crippen molar-refractivity contribution in [1.82, 2.24) is 0 Å². The van der Waals surface area contributed by atoms with Gasteiger partial charge in [-0.25, -0.2) is 8.42 Å². The Morgan fingerprint density at radius 1 is 0.816 bits per heavy atom. The minimum absolute atomic E-state index is 0.285. The van der Waals surface area contributed by atoms with Crippen LogP contribution in [0.3, 0.4) is 0 Å². The van der Waals surface area contributed by atoms with Gasteiger partial charge in [0.1, 0.15) is 5.75 Å². The SMILES string of the molecule is COc1ccc2c(c1)N(S(=O)(=O)c1ccc(C)cc1)CCCCC2=C=C(c1ccccc1)c1ccccc1. The van der Waals surface area contributed by atoms with Crippen molar-refractivity contribution in [2.24, 2.45) is 0 Å². The van der Waals surface area contributed by atoms with E-state index in [4.69, 9.17) is 4.74 Å². The summed E-state index contributed by atoms with van der Waals surface area (Å²) in [5.74, 6) is 0.614. The number of allylic oxidation sites excluding steroid dienone is 1. The molecule has 0 aromatic heterocycles. The number of hydrogen-bond donors (Lipinski definition) is 0. The zero-order valence-electron chi connectivity index (χ0n) is 21.7. The molecule has 0 fully saturated rings. The highest BCUT2D eigenvalue weighted by molar-refractivity contribution is 7.92. The number of rotatable bonds is 5. The fourth-order valence-electron chi connectivity index (χ4n) is 4.80. The lowest BCUT2D eigenvalue weighted by Crippen LogP contribution is -2.33. The molecule has 0 amide bonds. The predicted molar refractivity (Wildman–Crippen MR) is 155 cm³/mol. The second-order valence-corrected chi connectivity index (χ2v) is 11.3. The van der Waals surface area contributed by atoms with Crippen molar-refractivity contribution in [3.8, 4) is 5.75 Å². The van der Waals surface area contributed by atoms with Crippen molar-refractivity contribution in [2.75, 3.05) is 18.0 Å². The second kappa shape index (κ2) is 11.1. The van der Waals surface area contributed by atoms with Crippen molar-refractivity contribution in [2.45, 2.75) is 31.1 Å². The van der Waals surface area contributed by atoms with Gasteiger partial charge in [0, 0.05) is 29.3 Å². The lowest BCUT2D eigenvalue weighted by atomic mass is 9.93. The number of fused-ring (bicyclic) bond motifs is 1. The van der Waals surface area contributed by atoms with Gasteiger partial charge in [-0.1, -0.05) is 78.4 Å². The number of ether oxygens (including phenoxy) is 1. The van der Waals surface area contributed by atoms with E-state index in [-0.39, 0.29) is 4.90 Å². The lowest BCUT2D eigenvalue weighted by molar-refractivity contribution is 0.415.